The molecule has 2 rings (SSSR count). The SMILES string of the molecule is CC(NC1CC=CC1)C1CCNCC1. The molecule has 14 heavy (non-hydrogen) atoms. The lowest BCUT2D eigenvalue weighted by molar-refractivity contribution is 0.276. The topological polar surface area (TPSA) is 24.1 Å². The predicted octanol–water partition coefficient (Wildman–Crippen LogP) is 1.68. The van der Waals surface area contributed by atoms with E-state index in [0.29, 0.717) is 6.04 Å². The standard InChI is InChI=1S/C12H22N2/c1-10(11-6-8-13-9-7-11)14-12-4-2-3-5-12/h2-3,10-14H,4-9H2,1H3. The Hall–Kier alpha value is -0.340. The summed E-state index contributed by atoms with van der Waals surface area (Å²) in [6.45, 7) is 4.77. The van der Waals surface area contributed by atoms with E-state index < -0.39 is 0 Å². The highest BCUT2D eigenvalue weighted by atomic mass is 15.0. The third-order valence-corrected chi connectivity index (χ3v) is 3.60. The molecule has 1 atom stereocenters. The van der Waals surface area contributed by atoms with Crippen LogP contribution in [0.2, 0.25) is 0 Å². The Labute approximate surface area is 87.2 Å². The molecule has 2 nitrogen and oxygen atoms in total. The fraction of sp³-hybridized carbons (Fsp3) is 0.833. The van der Waals surface area contributed by atoms with Crippen LogP contribution in [0.3, 0.4) is 0 Å². The quantitative estimate of drug-likeness (QED) is 0.668. The van der Waals surface area contributed by atoms with Crippen molar-refractivity contribution < 1.29 is 0 Å². The predicted molar refractivity (Wildman–Crippen MR) is 60.4 cm³/mol. The molecule has 0 saturated carbocycles. The van der Waals surface area contributed by atoms with Gasteiger partial charge in [0.15, 0.2) is 0 Å². The first kappa shape index (κ1) is 10.2. The Balaban J connectivity index is 1.73. The maximum atomic E-state index is 3.76. The third-order valence-electron chi connectivity index (χ3n) is 3.60. The molecule has 0 bridgehead atoms. The largest absolute Gasteiger partial charge is 0.317 e. The van der Waals surface area contributed by atoms with E-state index in [1.54, 1.807) is 0 Å². The number of hydrogen-bond acceptors (Lipinski definition) is 2. The fourth-order valence-corrected chi connectivity index (χ4v) is 2.61. The van der Waals surface area contributed by atoms with E-state index in [1.807, 2.05) is 0 Å². The maximum Gasteiger partial charge on any atom is 0.0139 e. The van der Waals surface area contributed by atoms with Crippen LogP contribution in [0.25, 0.3) is 0 Å². The highest BCUT2D eigenvalue weighted by Crippen LogP contribution is 2.18. The molecule has 0 aromatic carbocycles. The molecule has 1 saturated heterocycles. The molecule has 0 spiro atoms. The van der Waals surface area contributed by atoms with Crippen molar-refractivity contribution in [1.29, 1.82) is 0 Å². The summed E-state index contributed by atoms with van der Waals surface area (Å²) in [4.78, 5) is 0. The van der Waals surface area contributed by atoms with Gasteiger partial charge < -0.3 is 10.6 Å². The zero-order valence-electron chi connectivity index (χ0n) is 9.13. The van der Waals surface area contributed by atoms with Crippen LogP contribution in [0.1, 0.15) is 32.6 Å². The van der Waals surface area contributed by atoms with Gasteiger partial charge in [-0.25, -0.2) is 0 Å². The van der Waals surface area contributed by atoms with Gasteiger partial charge in [0, 0.05) is 12.1 Å². The molecular formula is C12H22N2. The second-order valence-electron chi connectivity index (χ2n) is 4.68. The lowest BCUT2D eigenvalue weighted by Crippen LogP contribution is -2.43. The van der Waals surface area contributed by atoms with E-state index in [2.05, 4.69) is 29.7 Å². The molecule has 1 fully saturated rings. The second kappa shape index (κ2) is 4.94. The minimum absolute atomic E-state index is 0.696. The Kier molecular flexibility index (Phi) is 3.60. The number of nitrogens with one attached hydrogen (secondary N) is 2. The van der Waals surface area contributed by atoms with E-state index in [-0.39, 0.29) is 0 Å². The van der Waals surface area contributed by atoms with Crippen molar-refractivity contribution in [2.75, 3.05) is 13.1 Å². The lowest BCUT2D eigenvalue weighted by Gasteiger charge is -2.31. The Morgan fingerprint density at radius 3 is 2.50 bits per heavy atom. The number of hydrogen-bond donors (Lipinski definition) is 2. The summed E-state index contributed by atoms with van der Waals surface area (Å²) in [5.41, 5.74) is 0. The molecule has 2 aliphatic rings. The number of rotatable bonds is 3. The molecule has 0 aromatic rings. The summed E-state index contributed by atoms with van der Waals surface area (Å²) in [6.07, 6.45) is 9.74. The van der Waals surface area contributed by atoms with Gasteiger partial charge in [0.05, 0.1) is 0 Å². The van der Waals surface area contributed by atoms with Gasteiger partial charge in [-0.15, -0.1) is 0 Å². The lowest BCUT2D eigenvalue weighted by atomic mass is 9.90. The van der Waals surface area contributed by atoms with Crippen LogP contribution in [-0.4, -0.2) is 25.2 Å². The van der Waals surface area contributed by atoms with Gasteiger partial charge in [0.25, 0.3) is 0 Å². The summed E-state index contributed by atoms with van der Waals surface area (Å²) < 4.78 is 0. The molecule has 80 valence electrons. The van der Waals surface area contributed by atoms with Crippen LogP contribution in [0.5, 0.6) is 0 Å². The molecule has 2 heteroatoms. The highest BCUT2D eigenvalue weighted by Gasteiger charge is 2.22. The van der Waals surface area contributed by atoms with Crippen LogP contribution in [0.4, 0.5) is 0 Å². The summed E-state index contributed by atoms with van der Waals surface area (Å²) in [7, 11) is 0. The van der Waals surface area contributed by atoms with Crippen LogP contribution >= 0.6 is 0 Å². The molecule has 1 heterocycles. The monoisotopic (exact) mass is 194 g/mol. The summed E-state index contributed by atoms with van der Waals surface area (Å²) in [5, 5.41) is 7.18. The average molecular weight is 194 g/mol. The van der Waals surface area contributed by atoms with E-state index >= 15 is 0 Å². The molecule has 0 amide bonds. The minimum atomic E-state index is 0.696. The van der Waals surface area contributed by atoms with Gasteiger partial charge in [-0.2, -0.15) is 0 Å². The first-order chi connectivity index (χ1) is 6.86. The van der Waals surface area contributed by atoms with Crippen molar-refractivity contribution in [3.05, 3.63) is 12.2 Å². The highest BCUT2D eigenvalue weighted by molar-refractivity contribution is 4.98. The van der Waals surface area contributed by atoms with Gasteiger partial charge in [0.1, 0.15) is 0 Å². The van der Waals surface area contributed by atoms with Crippen LogP contribution in [0.15, 0.2) is 12.2 Å². The molecule has 1 aliphatic carbocycles. The Morgan fingerprint density at radius 1 is 1.21 bits per heavy atom. The zero-order valence-corrected chi connectivity index (χ0v) is 9.13. The summed E-state index contributed by atoms with van der Waals surface area (Å²) in [6, 6.07) is 1.42. The average Bonchev–Trinajstić information content (AvgIpc) is 2.72. The van der Waals surface area contributed by atoms with Crippen molar-refractivity contribution in [2.24, 2.45) is 5.92 Å². The minimum Gasteiger partial charge on any atom is -0.317 e. The first-order valence-electron chi connectivity index (χ1n) is 5.98. The zero-order chi connectivity index (χ0) is 9.80. The molecule has 2 N–H and O–H groups in total. The van der Waals surface area contributed by atoms with Gasteiger partial charge >= 0.3 is 0 Å². The smallest absolute Gasteiger partial charge is 0.0139 e. The van der Waals surface area contributed by atoms with Crippen molar-refractivity contribution in [3.8, 4) is 0 Å². The normalized spacial score (nSPS) is 26.9. The van der Waals surface area contributed by atoms with Crippen LogP contribution in [0, 0.1) is 5.92 Å². The summed E-state index contributed by atoms with van der Waals surface area (Å²) >= 11 is 0. The molecule has 1 aliphatic heterocycles. The van der Waals surface area contributed by atoms with Gasteiger partial charge in [-0.1, -0.05) is 12.2 Å². The Bertz CT molecular complexity index is 186. The second-order valence-corrected chi connectivity index (χ2v) is 4.68. The molecule has 1 unspecified atom stereocenters. The van der Waals surface area contributed by atoms with Gasteiger partial charge in [-0.3, -0.25) is 0 Å². The van der Waals surface area contributed by atoms with Crippen LogP contribution in [-0.2, 0) is 0 Å². The van der Waals surface area contributed by atoms with E-state index in [9.17, 15) is 0 Å². The number of piperidine rings is 1. The van der Waals surface area contributed by atoms with Gasteiger partial charge in [-0.05, 0) is 51.6 Å². The van der Waals surface area contributed by atoms with E-state index in [4.69, 9.17) is 0 Å². The van der Waals surface area contributed by atoms with Crippen molar-refractivity contribution in [2.45, 2.75) is 44.7 Å². The Morgan fingerprint density at radius 2 is 1.86 bits per heavy atom. The molecule has 0 radical (unpaired) electrons. The summed E-state index contributed by atoms with van der Waals surface area (Å²) in [5.74, 6) is 0.886. The maximum absolute atomic E-state index is 3.76. The van der Waals surface area contributed by atoms with E-state index in [0.717, 1.165) is 12.0 Å². The first-order valence-corrected chi connectivity index (χ1v) is 5.98. The van der Waals surface area contributed by atoms with Crippen molar-refractivity contribution in [1.82, 2.24) is 10.6 Å². The van der Waals surface area contributed by atoms with Gasteiger partial charge in [0.2, 0.25) is 0 Å². The third kappa shape index (κ3) is 2.58. The van der Waals surface area contributed by atoms with Crippen LogP contribution < -0.4 is 10.6 Å². The molecule has 0 aromatic heterocycles. The van der Waals surface area contributed by atoms with E-state index in [1.165, 1.54) is 38.8 Å². The molecular weight excluding hydrogens is 172 g/mol. The van der Waals surface area contributed by atoms with Crippen molar-refractivity contribution in [3.63, 3.8) is 0 Å². The fourth-order valence-electron chi connectivity index (χ4n) is 2.61. The van der Waals surface area contributed by atoms with Crippen molar-refractivity contribution >= 4 is 0 Å².